The first-order chi connectivity index (χ1) is 13.5. The Kier molecular flexibility index (Phi) is 4.49. The molecule has 0 aliphatic carbocycles. The summed E-state index contributed by atoms with van der Waals surface area (Å²) in [5.74, 6) is -0.145. The van der Waals surface area contributed by atoms with Gasteiger partial charge in [0.15, 0.2) is 0 Å². The van der Waals surface area contributed by atoms with Crippen LogP contribution in [0.3, 0.4) is 0 Å². The summed E-state index contributed by atoms with van der Waals surface area (Å²) in [5.41, 5.74) is 2.65. The van der Waals surface area contributed by atoms with E-state index in [-0.39, 0.29) is 17.2 Å². The predicted molar refractivity (Wildman–Crippen MR) is 108 cm³/mol. The number of hydrogen-bond donors (Lipinski definition) is 0. The van der Waals surface area contributed by atoms with E-state index in [4.69, 9.17) is 16.3 Å². The highest BCUT2D eigenvalue weighted by Crippen LogP contribution is 2.31. The number of cyclic esters (lactones) is 1. The topological polar surface area (TPSA) is 62.2 Å². The van der Waals surface area contributed by atoms with E-state index >= 15 is 0 Å². The number of halogens is 1. The molecule has 2 aliphatic rings. The second-order valence-corrected chi connectivity index (χ2v) is 6.78. The number of nitrogens with zero attached hydrogens (tertiary/aromatic N) is 3. The van der Waals surface area contributed by atoms with Crippen molar-refractivity contribution in [3.63, 3.8) is 0 Å². The van der Waals surface area contributed by atoms with Gasteiger partial charge < -0.3 is 4.74 Å². The van der Waals surface area contributed by atoms with Crippen molar-refractivity contribution in [3.8, 4) is 0 Å². The minimum absolute atomic E-state index is 0.192. The molecule has 6 nitrogen and oxygen atoms in total. The van der Waals surface area contributed by atoms with Crippen LogP contribution in [0.4, 0.5) is 16.2 Å². The second kappa shape index (κ2) is 6.98. The number of hydrogen-bond acceptors (Lipinski definition) is 4. The summed E-state index contributed by atoms with van der Waals surface area (Å²) in [4.78, 5) is 27.0. The number of rotatable bonds is 2. The average Bonchev–Trinajstić information content (AvgIpc) is 2.97. The normalized spacial score (nSPS) is 19.5. The highest BCUT2D eigenvalue weighted by molar-refractivity contribution is 6.31. The summed E-state index contributed by atoms with van der Waals surface area (Å²) in [6.45, 7) is 3.49. The van der Waals surface area contributed by atoms with Crippen LogP contribution in [-0.2, 0) is 9.53 Å². The number of allylic oxidation sites excluding steroid dienone is 2. The molecule has 0 saturated heterocycles. The number of carbonyl (C=O) groups is 2. The average molecular weight is 394 g/mol. The Labute approximate surface area is 167 Å². The maximum Gasteiger partial charge on any atom is 0.424 e. The number of benzene rings is 2. The van der Waals surface area contributed by atoms with E-state index < -0.39 is 6.09 Å². The predicted octanol–water partition coefficient (Wildman–Crippen LogP) is 4.88. The smallest absolute Gasteiger partial charge is 0.409 e. The molecule has 2 heterocycles. The first-order valence-electron chi connectivity index (χ1n) is 8.61. The van der Waals surface area contributed by atoms with Gasteiger partial charge in [-0.15, -0.1) is 0 Å². The molecular formula is C21H16ClN3O3. The summed E-state index contributed by atoms with van der Waals surface area (Å²) in [5, 5.41) is 6.21. The molecule has 0 saturated carbocycles. The molecule has 2 amide bonds. The molecule has 0 fully saturated rings. The van der Waals surface area contributed by atoms with Crippen molar-refractivity contribution < 1.29 is 14.3 Å². The number of amides is 2. The Balaban J connectivity index is 1.71. The Hall–Kier alpha value is -3.38. The fourth-order valence-corrected chi connectivity index (χ4v) is 3.25. The van der Waals surface area contributed by atoms with E-state index in [1.54, 1.807) is 56.3 Å². The third-order valence-corrected chi connectivity index (χ3v) is 4.67. The van der Waals surface area contributed by atoms with Crippen LogP contribution < -0.4 is 9.91 Å². The number of para-hydroxylation sites is 1. The lowest BCUT2D eigenvalue weighted by molar-refractivity contribution is -0.114. The van der Waals surface area contributed by atoms with Gasteiger partial charge in [0, 0.05) is 16.8 Å². The Bertz CT molecular complexity index is 1060. The van der Waals surface area contributed by atoms with E-state index in [2.05, 4.69) is 5.10 Å². The number of carbonyl (C=O) groups excluding carboxylic acids is 2. The fraction of sp³-hybridized carbons (Fsp3) is 0.0952. The van der Waals surface area contributed by atoms with E-state index in [0.717, 1.165) is 0 Å². The van der Waals surface area contributed by atoms with Crippen molar-refractivity contribution in [2.45, 2.75) is 13.8 Å². The third-order valence-electron chi connectivity index (χ3n) is 4.42. The van der Waals surface area contributed by atoms with Gasteiger partial charge in [0.2, 0.25) is 0 Å². The van der Waals surface area contributed by atoms with Crippen LogP contribution in [-0.4, -0.2) is 17.7 Å². The summed E-state index contributed by atoms with van der Waals surface area (Å²) in [7, 11) is 0. The molecular weight excluding hydrogens is 378 g/mol. The van der Waals surface area contributed by atoms with Gasteiger partial charge in [-0.05, 0) is 50.2 Å². The molecule has 0 aromatic heterocycles. The summed E-state index contributed by atoms with van der Waals surface area (Å²) < 4.78 is 5.49. The van der Waals surface area contributed by atoms with Crippen molar-refractivity contribution >= 4 is 40.7 Å². The van der Waals surface area contributed by atoms with Crippen LogP contribution in [0, 0.1) is 0 Å². The molecule has 7 heteroatoms. The van der Waals surface area contributed by atoms with Crippen LogP contribution >= 0.6 is 11.6 Å². The number of anilines is 2. The van der Waals surface area contributed by atoms with E-state index in [1.165, 1.54) is 9.91 Å². The minimum atomic E-state index is -0.594. The first kappa shape index (κ1) is 18.0. The monoisotopic (exact) mass is 393 g/mol. The lowest BCUT2D eigenvalue weighted by Gasteiger charge is -2.27. The molecule has 0 unspecified atom stereocenters. The molecule has 0 radical (unpaired) electrons. The first-order valence-corrected chi connectivity index (χ1v) is 8.98. The van der Waals surface area contributed by atoms with Gasteiger partial charge in [0.1, 0.15) is 11.3 Å². The SMILES string of the molecule is CC1=C/C(=C2\C(=O)N(c3ccccc3)N=C2C)OC(=O)N1c1ccc(Cl)cc1. The van der Waals surface area contributed by atoms with Gasteiger partial charge in [0.25, 0.3) is 5.91 Å². The van der Waals surface area contributed by atoms with Gasteiger partial charge in [-0.1, -0.05) is 29.8 Å². The van der Waals surface area contributed by atoms with Crippen molar-refractivity contribution in [2.24, 2.45) is 5.10 Å². The molecule has 140 valence electrons. The molecule has 0 bridgehead atoms. The zero-order valence-electron chi connectivity index (χ0n) is 15.2. The molecule has 0 N–H and O–H groups in total. The van der Waals surface area contributed by atoms with Gasteiger partial charge >= 0.3 is 6.09 Å². The largest absolute Gasteiger partial charge is 0.424 e. The van der Waals surface area contributed by atoms with Crippen LogP contribution in [0.1, 0.15) is 13.8 Å². The third kappa shape index (κ3) is 3.08. The standard InChI is InChI=1S/C21H16ClN3O3/c1-13-12-18(28-21(27)24(13)16-10-8-15(22)9-11-16)19-14(2)23-25(20(19)26)17-6-4-3-5-7-17/h3-12H,1-2H3/b19-18+. The summed E-state index contributed by atoms with van der Waals surface area (Å²) in [6, 6.07) is 15.9. The van der Waals surface area contributed by atoms with Gasteiger partial charge in [-0.25, -0.2) is 4.79 Å². The quantitative estimate of drug-likeness (QED) is 0.683. The Morgan fingerprint density at radius 2 is 1.61 bits per heavy atom. The van der Waals surface area contributed by atoms with Crippen molar-refractivity contribution in [1.29, 1.82) is 0 Å². The van der Waals surface area contributed by atoms with Crippen molar-refractivity contribution in [2.75, 3.05) is 9.91 Å². The highest BCUT2D eigenvalue weighted by Gasteiger charge is 2.35. The van der Waals surface area contributed by atoms with Crippen LogP contribution in [0.25, 0.3) is 0 Å². The van der Waals surface area contributed by atoms with Gasteiger partial charge in [0.05, 0.1) is 17.1 Å². The lowest BCUT2D eigenvalue weighted by Crippen LogP contribution is -2.34. The summed E-state index contributed by atoms with van der Waals surface area (Å²) in [6.07, 6.45) is 1.07. The zero-order chi connectivity index (χ0) is 19.8. The van der Waals surface area contributed by atoms with E-state index in [0.29, 0.717) is 27.8 Å². The van der Waals surface area contributed by atoms with Gasteiger partial charge in [-0.3, -0.25) is 9.69 Å². The zero-order valence-corrected chi connectivity index (χ0v) is 16.0. The lowest BCUT2D eigenvalue weighted by atomic mass is 10.1. The maximum atomic E-state index is 12.9. The summed E-state index contributed by atoms with van der Waals surface area (Å²) >= 11 is 5.92. The van der Waals surface area contributed by atoms with E-state index in [9.17, 15) is 9.59 Å². The molecule has 2 aliphatic heterocycles. The maximum absolute atomic E-state index is 12.9. The van der Waals surface area contributed by atoms with Crippen LogP contribution in [0.5, 0.6) is 0 Å². The highest BCUT2D eigenvalue weighted by atomic mass is 35.5. The molecule has 0 spiro atoms. The number of ether oxygens (including phenoxy) is 1. The number of hydrazone groups is 1. The molecule has 2 aromatic carbocycles. The Morgan fingerprint density at radius 3 is 2.25 bits per heavy atom. The molecule has 4 rings (SSSR count). The fourth-order valence-electron chi connectivity index (χ4n) is 3.12. The van der Waals surface area contributed by atoms with Crippen LogP contribution in [0.2, 0.25) is 5.02 Å². The van der Waals surface area contributed by atoms with Crippen molar-refractivity contribution in [1.82, 2.24) is 0 Å². The van der Waals surface area contributed by atoms with Crippen molar-refractivity contribution in [3.05, 3.63) is 82.7 Å². The molecule has 28 heavy (non-hydrogen) atoms. The van der Waals surface area contributed by atoms with Gasteiger partial charge in [-0.2, -0.15) is 10.1 Å². The van der Waals surface area contributed by atoms with Crippen LogP contribution in [0.15, 0.2) is 82.8 Å². The van der Waals surface area contributed by atoms with E-state index in [1.807, 2.05) is 18.2 Å². The minimum Gasteiger partial charge on any atom is -0.409 e. The second-order valence-electron chi connectivity index (χ2n) is 6.34. The Morgan fingerprint density at radius 1 is 0.929 bits per heavy atom. The molecule has 2 aromatic rings. The molecule has 0 atom stereocenters.